The highest BCUT2D eigenvalue weighted by Crippen LogP contribution is 2.53. The van der Waals surface area contributed by atoms with Crippen molar-refractivity contribution in [1.82, 2.24) is 0 Å². The first-order chi connectivity index (χ1) is 13.2. The van der Waals surface area contributed by atoms with E-state index in [0.717, 1.165) is 25.7 Å². The molecular formula is C25H25ClO. The highest BCUT2D eigenvalue weighted by molar-refractivity contribution is 6.22. The molecule has 2 aromatic carbocycles. The first kappa shape index (κ1) is 18.4. The topological polar surface area (TPSA) is 20.2 Å². The summed E-state index contributed by atoms with van der Waals surface area (Å²) in [5, 5.41) is 10.9. The fourth-order valence-electron chi connectivity index (χ4n) is 4.51. The van der Waals surface area contributed by atoms with Crippen LogP contribution in [0.25, 0.3) is 6.08 Å². The van der Waals surface area contributed by atoms with Crippen LogP contribution in [0, 0.1) is 23.7 Å². The minimum Gasteiger partial charge on any atom is -0.376 e. The summed E-state index contributed by atoms with van der Waals surface area (Å²) in [5.74, 6) is 7.32. The molecule has 2 bridgehead atoms. The van der Waals surface area contributed by atoms with Gasteiger partial charge in [0, 0.05) is 11.8 Å². The van der Waals surface area contributed by atoms with E-state index in [1.807, 2.05) is 36.4 Å². The monoisotopic (exact) mass is 376 g/mol. The van der Waals surface area contributed by atoms with E-state index in [2.05, 4.69) is 48.3 Å². The summed E-state index contributed by atoms with van der Waals surface area (Å²) in [6.45, 7) is 0. The predicted octanol–water partition coefficient (Wildman–Crippen LogP) is 5.65. The van der Waals surface area contributed by atoms with E-state index in [9.17, 15) is 5.11 Å². The number of benzene rings is 2. The number of halogens is 1. The number of rotatable bonds is 4. The average molecular weight is 377 g/mol. The molecule has 138 valence electrons. The molecule has 5 atom stereocenters. The first-order valence-electron chi connectivity index (χ1n) is 9.82. The molecule has 0 amide bonds. The van der Waals surface area contributed by atoms with Crippen molar-refractivity contribution in [1.29, 1.82) is 0 Å². The molecule has 0 heterocycles. The molecule has 1 unspecified atom stereocenters. The van der Waals surface area contributed by atoms with Crippen LogP contribution in [0.4, 0.5) is 0 Å². The largest absolute Gasteiger partial charge is 0.376 e. The lowest BCUT2D eigenvalue weighted by atomic mass is 9.83. The highest BCUT2D eigenvalue weighted by atomic mass is 35.5. The summed E-state index contributed by atoms with van der Waals surface area (Å²) in [4.78, 5) is 0. The Balaban J connectivity index is 1.56. The molecule has 0 aliphatic heterocycles. The van der Waals surface area contributed by atoms with Crippen molar-refractivity contribution in [2.45, 2.75) is 42.6 Å². The zero-order valence-corrected chi connectivity index (χ0v) is 16.1. The van der Waals surface area contributed by atoms with Gasteiger partial charge in [0.05, 0.1) is 5.38 Å². The molecule has 2 fully saturated rings. The predicted molar refractivity (Wildman–Crippen MR) is 112 cm³/mol. The van der Waals surface area contributed by atoms with E-state index in [1.165, 1.54) is 11.1 Å². The molecule has 1 nitrogen and oxygen atoms in total. The molecular weight excluding hydrogens is 352 g/mol. The third-order valence-electron chi connectivity index (χ3n) is 6.06. The molecule has 27 heavy (non-hydrogen) atoms. The smallest absolute Gasteiger partial charge is 0.144 e. The standard InChI is InChI=1S/C25H25ClO/c26-24-22-14-15-23(18-22)25(24,27)17-16-21(20-11-5-2-6-12-20)13-7-10-19-8-3-1-4-9-19/h1-12,21-24,27H,13-15,18H2/b10-7+/t21?,22-,23+,24-,25+/m0/s1. The van der Waals surface area contributed by atoms with E-state index >= 15 is 0 Å². The maximum Gasteiger partial charge on any atom is 0.144 e. The van der Waals surface area contributed by atoms with Gasteiger partial charge in [0.2, 0.25) is 0 Å². The second-order valence-electron chi connectivity index (χ2n) is 7.78. The second kappa shape index (κ2) is 7.93. The normalized spacial score (nSPS) is 30.2. The molecule has 1 N–H and O–H groups in total. The molecule has 4 rings (SSSR count). The Morgan fingerprint density at radius 1 is 1.07 bits per heavy atom. The van der Waals surface area contributed by atoms with Gasteiger partial charge in [-0.25, -0.2) is 0 Å². The zero-order valence-electron chi connectivity index (χ0n) is 15.4. The van der Waals surface area contributed by atoms with Crippen LogP contribution in [0.15, 0.2) is 66.7 Å². The van der Waals surface area contributed by atoms with Crippen LogP contribution < -0.4 is 0 Å². The number of aliphatic hydroxyl groups is 1. The summed E-state index contributed by atoms with van der Waals surface area (Å²) in [5.41, 5.74) is 1.34. The average Bonchev–Trinajstić information content (AvgIpc) is 3.29. The van der Waals surface area contributed by atoms with Gasteiger partial charge < -0.3 is 5.11 Å². The Morgan fingerprint density at radius 3 is 2.44 bits per heavy atom. The third kappa shape index (κ3) is 3.84. The lowest BCUT2D eigenvalue weighted by Gasteiger charge is -2.31. The third-order valence-corrected chi connectivity index (χ3v) is 6.75. The van der Waals surface area contributed by atoms with Crippen LogP contribution in [0.5, 0.6) is 0 Å². The highest BCUT2D eigenvalue weighted by Gasteiger charge is 2.56. The van der Waals surface area contributed by atoms with Crippen LogP contribution in [0.2, 0.25) is 0 Å². The Hall–Kier alpha value is -2.01. The lowest BCUT2D eigenvalue weighted by Crippen LogP contribution is -2.43. The van der Waals surface area contributed by atoms with Crippen LogP contribution in [-0.4, -0.2) is 16.1 Å². The summed E-state index contributed by atoms with van der Waals surface area (Å²) < 4.78 is 0. The van der Waals surface area contributed by atoms with E-state index in [4.69, 9.17) is 11.6 Å². The van der Waals surface area contributed by atoms with Crippen molar-refractivity contribution in [3.63, 3.8) is 0 Å². The summed E-state index contributed by atoms with van der Waals surface area (Å²) in [6.07, 6.45) is 8.30. The van der Waals surface area contributed by atoms with Gasteiger partial charge in [-0.1, -0.05) is 84.7 Å². The number of hydrogen-bond acceptors (Lipinski definition) is 1. The van der Waals surface area contributed by atoms with Crippen LogP contribution >= 0.6 is 11.6 Å². The number of hydrogen-bond donors (Lipinski definition) is 1. The Morgan fingerprint density at radius 2 is 1.78 bits per heavy atom. The summed E-state index contributed by atoms with van der Waals surface area (Å²) in [7, 11) is 0. The number of alkyl halides is 1. The fraction of sp³-hybridized carbons (Fsp3) is 0.360. The molecule has 2 aliphatic carbocycles. The Kier molecular flexibility index (Phi) is 5.39. The van der Waals surface area contributed by atoms with Crippen molar-refractivity contribution in [3.8, 4) is 11.8 Å². The van der Waals surface area contributed by atoms with Gasteiger partial charge in [-0.05, 0) is 42.7 Å². The van der Waals surface area contributed by atoms with Gasteiger partial charge in [-0.15, -0.1) is 11.6 Å². The Labute approximate surface area is 167 Å². The van der Waals surface area contributed by atoms with Crippen molar-refractivity contribution in [2.75, 3.05) is 0 Å². The second-order valence-corrected chi connectivity index (χ2v) is 8.25. The molecule has 2 heteroatoms. The quantitative estimate of drug-likeness (QED) is 0.540. The van der Waals surface area contributed by atoms with Crippen molar-refractivity contribution in [3.05, 3.63) is 77.9 Å². The van der Waals surface area contributed by atoms with E-state index in [-0.39, 0.29) is 17.2 Å². The minimum atomic E-state index is -1.03. The van der Waals surface area contributed by atoms with Gasteiger partial charge in [0.15, 0.2) is 0 Å². The molecule has 2 aliphatic rings. The zero-order chi connectivity index (χ0) is 18.7. The summed E-state index contributed by atoms with van der Waals surface area (Å²) >= 11 is 6.56. The number of fused-ring (bicyclic) bond motifs is 2. The fourth-order valence-corrected chi connectivity index (χ4v) is 4.97. The van der Waals surface area contributed by atoms with Crippen molar-refractivity contribution in [2.24, 2.45) is 11.8 Å². The van der Waals surface area contributed by atoms with Crippen LogP contribution in [0.3, 0.4) is 0 Å². The van der Waals surface area contributed by atoms with Crippen LogP contribution in [0.1, 0.15) is 42.7 Å². The number of allylic oxidation sites excluding steroid dienone is 1. The molecule has 0 spiro atoms. The van der Waals surface area contributed by atoms with E-state index in [0.29, 0.717) is 5.92 Å². The maximum atomic E-state index is 11.1. The van der Waals surface area contributed by atoms with Gasteiger partial charge in [-0.3, -0.25) is 0 Å². The van der Waals surface area contributed by atoms with Gasteiger partial charge >= 0.3 is 0 Å². The SMILES string of the molecule is O[C@]1(C#CC(C/C=C/c2ccccc2)c2ccccc2)[C@@H]2CC[C@@H](C2)[C@@H]1Cl. The molecule has 2 saturated carbocycles. The summed E-state index contributed by atoms with van der Waals surface area (Å²) in [6, 6.07) is 20.6. The molecule has 0 aromatic heterocycles. The maximum absolute atomic E-state index is 11.1. The van der Waals surface area contributed by atoms with Gasteiger partial charge in [0.25, 0.3) is 0 Å². The minimum absolute atomic E-state index is 0.0539. The molecule has 0 radical (unpaired) electrons. The van der Waals surface area contributed by atoms with Crippen LogP contribution in [-0.2, 0) is 0 Å². The van der Waals surface area contributed by atoms with Gasteiger partial charge in [-0.2, -0.15) is 0 Å². The van der Waals surface area contributed by atoms with E-state index in [1.54, 1.807) is 0 Å². The first-order valence-corrected chi connectivity index (χ1v) is 10.3. The lowest BCUT2D eigenvalue weighted by molar-refractivity contribution is 0.0474. The van der Waals surface area contributed by atoms with Crippen molar-refractivity contribution >= 4 is 17.7 Å². The van der Waals surface area contributed by atoms with Gasteiger partial charge in [0.1, 0.15) is 5.60 Å². The molecule has 0 saturated heterocycles. The van der Waals surface area contributed by atoms with E-state index < -0.39 is 5.60 Å². The van der Waals surface area contributed by atoms with Crippen molar-refractivity contribution < 1.29 is 5.11 Å². The Bertz CT molecular complexity index is 844. The molecule has 2 aromatic rings.